The van der Waals surface area contributed by atoms with E-state index in [1.165, 1.54) is 12.1 Å². The van der Waals surface area contributed by atoms with E-state index >= 15 is 0 Å². The molecule has 28 heavy (non-hydrogen) atoms. The van der Waals surface area contributed by atoms with Gasteiger partial charge in [0.1, 0.15) is 11.6 Å². The van der Waals surface area contributed by atoms with Crippen LogP contribution in [0.5, 0.6) is 0 Å². The predicted octanol–water partition coefficient (Wildman–Crippen LogP) is 2.62. The molecule has 0 bridgehead atoms. The number of hydrogen-bond donors (Lipinski definition) is 0. The van der Waals surface area contributed by atoms with Crippen molar-refractivity contribution in [3.8, 4) is 0 Å². The Bertz CT molecular complexity index is 708. The van der Waals surface area contributed by atoms with Gasteiger partial charge in [-0.25, -0.2) is 13.6 Å². The molecule has 1 aromatic rings. The third-order valence-electron chi connectivity index (χ3n) is 5.51. The summed E-state index contributed by atoms with van der Waals surface area (Å²) in [6.45, 7) is 5.61. The summed E-state index contributed by atoms with van der Waals surface area (Å²) in [6, 6.07) is 3.72. The van der Waals surface area contributed by atoms with Gasteiger partial charge in [-0.1, -0.05) is 6.07 Å². The van der Waals surface area contributed by atoms with Gasteiger partial charge in [0.15, 0.2) is 0 Å². The van der Waals surface area contributed by atoms with Crippen LogP contribution in [0, 0.1) is 11.6 Å². The second-order valence-electron chi connectivity index (χ2n) is 7.25. The average molecular weight is 395 g/mol. The van der Waals surface area contributed by atoms with Crippen molar-refractivity contribution in [1.29, 1.82) is 0 Å². The molecular weight excluding hydrogens is 368 g/mol. The van der Waals surface area contributed by atoms with Gasteiger partial charge in [-0.05, 0) is 25.8 Å². The minimum absolute atomic E-state index is 0.00335. The van der Waals surface area contributed by atoms with Gasteiger partial charge in [-0.3, -0.25) is 9.69 Å². The van der Waals surface area contributed by atoms with Gasteiger partial charge >= 0.3 is 6.09 Å². The molecule has 0 radical (unpaired) electrons. The number of halogens is 2. The second kappa shape index (κ2) is 9.32. The van der Waals surface area contributed by atoms with E-state index in [1.807, 2.05) is 0 Å². The molecule has 2 aliphatic heterocycles. The zero-order valence-corrected chi connectivity index (χ0v) is 16.2. The summed E-state index contributed by atoms with van der Waals surface area (Å²) in [5.74, 6) is -1.24. The number of carbonyl (C=O) groups is 2. The Hall–Kier alpha value is -2.22. The molecular formula is C20H27F2N3O3. The largest absolute Gasteiger partial charge is 0.450 e. The fourth-order valence-corrected chi connectivity index (χ4v) is 3.89. The zero-order chi connectivity index (χ0) is 20.1. The lowest BCUT2D eigenvalue weighted by molar-refractivity contribution is -0.131. The Balaban J connectivity index is 1.54. The third kappa shape index (κ3) is 4.98. The van der Waals surface area contributed by atoms with Crippen LogP contribution < -0.4 is 0 Å². The number of amides is 2. The minimum atomic E-state index is -0.622. The van der Waals surface area contributed by atoms with Crippen LogP contribution in [-0.2, 0) is 16.1 Å². The second-order valence-corrected chi connectivity index (χ2v) is 7.25. The Morgan fingerprint density at radius 2 is 1.89 bits per heavy atom. The number of ether oxygens (including phenoxy) is 1. The lowest BCUT2D eigenvalue weighted by Gasteiger charge is -2.38. The Labute approximate surface area is 164 Å². The lowest BCUT2D eigenvalue weighted by atomic mass is 10.1. The van der Waals surface area contributed by atoms with Crippen LogP contribution >= 0.6 is 0 Å². The van der Waals surface area contributed by atoms with Gasteiger partial charge in [-0.2, -0.15) is 0 Å². The molecule has 2 heterocycles. The van der Waals surface area contributed by atoms with E-state index in [0.29, 0.717) is 38.2 Å². The summed E-state index contributed by atoms with van der Waals surface area (Å²) in [6.07, 6.45) is 1.69. The highest BCUT2D eigenvalue weighted by atomic mass is 19.1. The fourth-order valence-electron chi connectivity index (χ4n) is 3.89. The molecule has 0 aromatic heterocycles. The van der Waals surface area contributed by atoms with Crippen molar-refractivity contribution in [3.63, 3.8) is 0 Å². The van der Waals surface area contributed by atoms with Crippen LogP contribution in [0.25, 0.3) is 0 Å². The highest BCUT2D eigenvalue weighted by molar-refractivity contribution is 5.76. The molecule has 6 nitrogen and oxygen atoms in total. The molecule has 0 N–H and O–H groups in total. The maximum Gasteiger partial charge on any atom is 0.409 e. The molecule has 1 aromatic carbocycles. The molecule has 2 aliphatic rings. The summed E-state index contributed by atoms with van der Waals surface area (Å²) in [5, 5.41) is 0. The van der Waals surface area contributed by atoms with E-state index in [0.717, 1.165) is 32.0 Å². The van der Waals surface area contributed by atoms with E-state index in [4.69, 9.17) is 4.74 Å². The first-order valence-corrected chi connectivity index (χ1v) is 9.85. The Morgan fingerprint density at radius 3 is 2.57 bits per heavy atom. The maximum absolute atomic E-state index is 13.9. The molecule has 154 valence electrons. The first-order valence-electron chi connectivity index (χ1n) is 9.85. The van der Waals surface area contributed by atoms with Crippen LogP contribution in [0.1, 0.15) is 31.7 Å². The monoisotopic (exact) mass is 395 g/mol. The van der Waals surface area contributed by atoms with Crippen LogP contribution in [0.4, 0.5) is 13.6 Å². The van der Waals surface area contributed by atoms with Gasteiger partial charge in [0.2, 0.25) is 5.91 Å². The summed E-state index contributed by atoms with van der Waals surface area (Å²) in [7, 11) is 0. The van der Waals surface area contributed by atoms with Crippen molar-refractivity contribution in [2.75, 3.05) is 39.3 Å². The van der Waals surface area contributed by atoms with Crippen molar-refractivity contribution in [1.82, 2.24) is 14.7 Å². The maximum atomic E-state index is 13.9. The number of carbonyl (C=O) groups excluding carboxylic acids is 2. The van der Waals surface area contributed by atoms with E-state index < -0.39 is 11.6 Å². The third-order valence-corrected chi connectivity index (χ3v) is 5.51. The van der Waals surface area contributed by atoms with E-state index in [9.17, 15) is 18.4 Å². The van der Waals surface area contributed by atoms with E-state index in [-0.39, 0.29) is 24.6 Å². The first-order chi connectivity index (χ1) is 13.5. The molecule has 3 rings (SSSR count). The van der Waals surface area contributed by atoms with Crippen LogP contribution in [-0.4, -0.2) is 72.1 Å². The van der Waals surface area contributed by atoms with Crippen molar-refractivity contribution < 1.29 is 23.1 Å². The number of rotatable bonds is 4. The molecule has 2 amide bonds. The molecule has 2 fully saturated rings. The number of likely N-dealkylation sites (tertiary alicyclic amines) is 1. The summed E-state index contributed by atoms with van der Waals surface area (Å²) in [5.41, 5.74) is 0.330. The topological polar surface area (TPSA) is 53.1 Å². The van der Waals surface area contributed by atoms with Crippen molar-refractivity contribution in [2.45, 2.75) is 38.8 Å². The average Bonchev–Trinajstić information content (AvgIpc) is 2.86. The molecule has 0 saturated carbocycles. The predicted molar refractivity (Wildman–Crippen MR) is 99.6 cm³/mol. The van der Waals surface area contributed by atoms with Crippen LogP contribution in [0.15, 0.2) is 18.2 Å². The van der Waals surface area contributed by atoms with E-state index in [2.05, 4.69) is 4.90 Å². The normalized spacial score (nSPS) is 21.5. The highest BCUT2D eigenvalue weighted by Crippen LogP contribution is 2.22. The fraction of sp³-hybridized carbons (Fsp3) is 0.600. The molecule has 0 unspecified atom stereocenters. The van der Waals surface area contributed by atoms with Crippen molar-refractivity contribution >= 4 is 12.0 Å². The van der Waals surface area contributed by atoms with E-state index in [1.54, 1.807) is 16.7 Å². The molecule has 8 heteroatoms. The first kappa shape index (κ1) is 20.5. The number of nitrogens with zero attached hydrogens (tertiary/aromatic N) is 3. The van der Waals surface area contributed by atoms with Gasteiger partial charge in [0, 0.05) is 63.4 Å². The SMILES string of the molecule is CCOC(=O)N1CCN([C@H]2CCC(=O)N(Cc3ccc(F)cc3F)CC2)CC1. The molecule has 1 atom stereocenters. The Kier molecular flexibility index (Phi) is 6.83. The Morgan fingerprint density at radius 1 is 1.14 bits per heavy atom. The van der Waals surface area contributed by atoms with Gasteiger partial charge < -0.3 is 14.5 Å². The number of benzene rings is 1. The highest BCUT2D eigenvalue weighted by Gasteiger charge is 2.30. The van der Waals surface area contributed by atoms with Crippen molar-refractivity contribution in [2.24, 2.45) is 0 Å². The van der Waals surface area contributed by atoms with Gasteiger partial charge in [-0.15, -0.1) is 0 Å². The standard InChI is InChI=1S/C20H27F2N3O3/c1-2-28-20(27)24-11-9-23(10-12-24)17-5-6-19(26)25(8-7-17)14-15-3-4-16(21)13-18(15)22/h3-4,13,17H,2,5-12,14H2,1H3/t17-/m0/s1. The van der Waals surface area contributed by atoms with Crippen LogP contribution in [0.2, 0.25) is 0 Å². The summed E-state index contributed by atoms with van der Waals surface area (Å²) in [4.78, 5) is 30.0. The van der Waals surface area contributed by atoms with Crippen molar-refractivity contribution in [3.05, 3.63) is 35.4 Å². The molecule has 0 aliphatic carbocycles. The smallest absolute Gasteiger partial charge is 0.409 e. The van der Waals surface area contributed by atoms with Gasteiger partial charge in [0.05, 0.1) is 6.61 Å². The van der Waals surface area contributed by atoms with Gasteiger partial charge in [0.25, 0.3) is 0 Å². The lowest BCUT2D eigenvalue weighted by Crippen LogP contribution is -2.52. The summed E-state index contributed by atoms with van der Waals surface area (Å²) >= 11 is 0. The number of piperazine rings is 1. The quantitative estimate of drug-likeness (QED) is 0.787. The zero-order valence-electron chi connectivity index (χ0n) is 16.2. The molecule has 2 saturated heterocycles. The van der Waals surface area contributed by atoms with Crippen LogP contribution in [0.3, 0.4) is 0 Å². The summed E-state index contributed by atoms with van der Waals surface area (Å²) < 4.78 is 32.1. The molecule has 0 spiro atoms. The number of hydrogen-bond acceptors (Lipinski definition) is 4. The minimum Gasteiger partial charge on any atom is -0.450 e.